The Morgan fingerprint density at radius 1 is 1.19 bits per heavy atom. The molecule has 1 amide bonds. The van der Waals surface area contributed by atoms with Crippen molar-refractivity contribution in [2.45, 2.75) is 45.4 Å². The largest absolute Gasteiger partial charge is 0.503 e. The van der Waals surface area contributed by atoms with E-state index in [2.05, 4.69) is 10.3 Å². The van der Waals surface area contributed by atoms with Gasteiger partial charge in [0, 0.05) is 18.9 Å². The molecule has 0 unspecified atom stereocenters. The predicted octanol–water partition coefficient (Wildman–Crippen LogP) is 2.28. The molecule has 36 heavy (non-hydrogen) atoms. The second-order valence-electron chi connectivity index (χ2n) is 9.00. The van der Waals surface area contributed by atoms with Gasteiger partial charge < -0.3 is 29.4 Å². The minimum absolute atomic E-state index is 0.0427. The molecule has 2 N–H and O–H groups in total. The predicted molar refractivity (Wildman–Crippen MR) is 128 cm³/mol. The Labute approximate surface area is 209 Å². The van der Waals surface area contributed by atoms with Gasteiger partial charge in [-0.05, 0) is 24.8 Å². The van der Waals surface area contributed by atoms with E-state index in [-0.39, 0.29) is 17.4 Å². The maximum atomic E-state index is 13.2. The molecule has 2 heterocycles. The first kappa shape index (κ1) is 26.9. The van der Waals surface area contributed by atoms with E-state index in [0.29, 0.717) is 13.0 Å². The minimum atomic E-state index is -1.32. The number of amides is 1. The van der Waals surface area contributed by atoms with Gasteiger partial charge in [0.15, 0.2) is 23.2 Å². The number of carbonyl (C=O) groups excluding carboxylic acids is 3. The standard InChI is InChI=1S/C26H32N2O8/c1-15(2)13-34-23-16(3)36-26(32)19(28-24(30)21-22(29)20(33-4)10-11-27-21)14-35-25(31)18(23)12-17-8-6-5-7-9-17/h5-11,15-16,18-19,23,29H,12-14H2,1-4H3,(H,28,30)/t16-,18+,19-,23-/m0/s1. The summed E-state index contributed by atoms with van der Waals surface area (Å²) in [7, 11) is 1.33. The minimum Gasteiger partial charge on any atom is -0.503 e. The van der Waals surface area contributed by atoms with Gasteiger partial charge in [0.25, 0.3) is 5.91 Å². The summed E-state index contributed by atoms with van der Waals surface area (Å²) in [5.74, 6) is -3.23. The van der Waals surface area contributed by atoms with Crippen LogP contribution in [-0.4, -0.2) is 66.5 Å². The molecule has 3 rings (SSSR count). The number of rotatable bonds is 8. The molecule has 0 bridgehead atoms. The molecule has 0 radical (unpaired) electrons. The van der Waals surface area contributed by atoms with Crippen LogP contribution in [-0.2, 0) is 30.2 Å². The zero-order chi connectivity index (χ0) is 26.2. The van der Waals surface area contributed by atoms with Crippen molar-refractivity contribution in [1.82, 2.24) is 10.3 Å². The van der Waals surface area contributed by atoms with E-state index in [1.54, 1.807) is 6.92 Å². The second-order valence-corrected chi connectivity index (χ2v) is 9.00. The normalized spacial score (nSPS) is 22.6. The van der Waals surface area contributed by atoms with E-state index in [1.807, 2.05) is 44.2 Å². The van der Waals surface area contributed by atoms with Crippen molar-refractivity contribution >= 4 is 17.8 Å². The molecule has 0 aliphatic carbocycles. The van der Waals surface area contributed by atoms with Gasteiger partial charge in [-0.25, -0.2) is 9.78 Å². The molecule has 1 aliphatic rings. The Morgan fingerprint density at radius 2 is 1.92 bits per heavy atom. The maximum Gasteiger partial charge on any atom is 0.332 e. The van der Waals surface area contributed by atoms with Crippen molar-refractivity contribution in [2.75, 3.05) is 20.3 Å². The third-order valence-corrected chi connectivity index (χ3v) is 5.69. The highest BCUT2D eigenvalue weighted by Crippen LogP contribution is 2.28. The fourth-order valence-corrected chi connectivity index (χ4v) is 3.85. The fourth-order valence-electron chi connectivity index (χ4n) is 3.85. The molecule has 10 nitrogen and oxygen atoms in total. The molecule has 2 aromatic rings. The molecule has 1 saturated heterocycles. The van der Waals surface area contributed by atoms with Gasteiger partial charge in [0.05, 0.1) is 13.0 Å². The monoisotopic (exact) mass is 500 g/mol. The number of benzene rings is 1. The van der Waals surface area contributed by atoms with Crippen LogP contribution in [0.4, 0.5) is 0 Å². The first-order valence-electron chi connectivity index (χ1n) is 11.8. The number of pyridine rings is 1. The molecule has 10 heteroatoms. The SMILES string of the molecule is COc1ccnc(C(=O)N[C@H]2COC(=O)[C@H](Cc3ccccc3)[C@@H](OCC(C)C)[C@H](C)OC2=O)c1O. The number of nitrogens with one attached hydrogen (secondary N) is 1. The summed E-state index contributed by atoms with van der Waals surface area (Å²) in [6.45, 7) is 5.50. The number of cyclic esters (lactones) is 2. The summed E-state index contributed by atoms with van der Waals surface area (Å²) in [6, 6.07) is 9.48. The van der Waals surface area contributed by atoms with E-state index >= 15 is 0 Å². The highest BCUT2D eigenvalue weighted by Gasteiger charge is 2.40. The lowest BCUT2D eigenvalue weighted by Gasteiger charge is -2.30. The topological polar surface area (TPSA) is 133 Å². The van der Waals surface area contributed by atoms with Gasteiger partial charge >= 0.3 is 11.9 Å². The maximum absolute atomic E-state index is 13.2. The number of carbonyl (C=O) groups is 3. The Kier molecular flexibility index (Phi) is 9.24. The first-order valence-corrected chi connectivity index (χ1v) is 11.8. The molecule has 1 aromatic carbocycles. The van der Waals surface area contributed by atoms with Crippen molar-refractivity contribution < 1.29 is 38.4 Å². The summed E-state index contributed by atoms with van der Waals surface area (Å²) < 4.78 is 22.2. The zero-order valence-electron chi connectivity index (χ0n) is 20.8. The van der Waals surface area contributed by atoms with E-state index in [0.717, 1.165) is 5.56 Å². The van der Waals surface area contributed by atoms with Crippen LogP contribution in [0.1, 0.15) is 36.8 Å². The summed E-state index contributed by atoms with van der Waals surface area (Å²) in [5.41, 5.74) is 0.557. The average molecular weight is 501 g/mol. The van der Waals surface area contributed by atoms with Crippen LogP contribution in [0.15, 0.2) is 42.6 Å². The summed E-state index contributed by atoms with van der Waals surface area (Å²) in [6.07, 6.45) is 0.0335. The van der Waals surface area contributed by atoms with Crippen molar-refractivity contribution in [2.24, 2.45) is 11.8 Å². The number of nitrogens with zero attached hydrogens (tertiary/aromatic N) is 1. The summed E-state index contributed by atoms with van der Waals surface area (Å²) >= 11 is 0. The van der Waals surface area contributed by atoms with Gasteiger partial charge in [-0.1, -0.05) is 44.2 Å². The third-order valence-electron chi connectivity index (χ3n) is 5.69. The van der Waals surface area contributed by atoms with Crippen LogP contribution in [0.25, 0.3) is 0 Å². The van der Waals surface area contributed by atoms with Crippen molar-refractivity contribution in [3.05, 3.63) is 53.9 Å². The van der Waals surface area contributed by atoms with E-state index in [1.165, 1.54) is 19.4 Å². The van der Waals surface area contributed by atoms with Crippen LogP contribution in [0, 0.1) is 11.8 Å². The second kappa shape index (κ2) is 12.3. The van der Waals surface area contributed by atoms with E-state index in [4.69, 9.17) is 18.9 Å². The lowest BCUT2D eigenvalue weighted by Crippen LogP contribution is -2.46. The molecule has 0 spiro atoms. The Bertz CT molecular complexity index is 1060. The number of ether oxygens (including phenoxy) is 4. The van der Waals surface area contributed by atoms with Crippen molar-refractivity contribution in [3.8, 4) is 11.5 Å². The van der Waals surface area contributed by atoms with Gasteiger partial charge in [-0.15, -0.1) is 0 Å². The van der Waals surface area contributed by atoms with E-state index < -0.39 is 54.4 Å². The number of hydrogen-bond acceptors (Lipinski definition) is 9. The number of aromatic nitrogens is 1. The van der Waals surface area contributed by atoms with Gasteiger partial charge in [-0.3, -0.25) is 9.59 Å². The summed E-state index contributed by atoms with van der Waals surface area (Å²) in [4.78, 5) is 42.8. The molecular weight excluding hydrogens is 468 g/mol. The quantitative estimate of drug-likeness (QED) is 0.524. The highest BCUT2D eigenvalue weighted by molar-refractivity contribution is 5.98. The summed E-state index contributed by atoms with van der Waals surface area (Å²) in [5, 5.41) is 12.7. The molecule has 194 valence electrons. The Hall–Kier alpha value is -3.66. The zero-order valence-corrected chi connectivity index (χ0v) is 20.8. The molecule has 4 atom stereocenters. The lowest BCUT2D eigenvalue weighted by atomic mass is 9.91. The first-order chi connectivity index (χ1) is 17.2. The number of esters is 2. The Balaban J connectivity index is 1.84. The third kappa shape index (κ3) is 6.72. The fraction of sp³-hybridized carbons (Fsp3) is 0.462. The number of hydrogen-bond donors (Lipinski definition) is 2. The number of methoxy groups -OCH3 is 1. The Morgan fingerprint density at radius 3 is 2.58 bits per heavy atom. The molecule has 1 aromatic heterocycles. The van der Waals surface area contributed by atoms with Crippen LogP contribution < -0.4 is 10.1 Å². The highest BCUT2D eigenvalue weighted by atomic mass is 16.6. The van der Waals surface area contributed by atoms with Gasteiger partial charge in [0.1, 0.15) is 18.8 Å². The number of aromatic hydroxyl groups is 1. The molecule has 1 fully saturated rings. The molecule has 1 aliphatic heterocycles. The van der Waals surface area contributed by atoms with Crippen LogP contribution in [0.2, 0.25) is 0 Å². The molecular formula is C26H32N2O8. The van der Waals surface area contributed by atoms with Gasteiger partial charge in [-0.2, -0.15) is 0 Å². The lowest BCUT2D eigenvalue weighted by molar-refractivity contribution is -0.165. The van der Waals surface area contributed by atoms with Gasteiger partial charge in [0.2, 0.25) is 0 Å². The van der Waals surface area contributed by atoms with Crippen LogP contribution >= 0.6 is 0 Å². The molecule has 0 saturated carbocycles. The van der Waals surface area contributed by atoms with Crippen molar-refractivity contribution in [3.63, 3.8) is 0 Å². The van der Waals surface area contributed by atoms with Crippen LogP contribution in [0.3, 0.4) is 0 Å². The van der Waals surface area contributed by atoms with Crippen LogP contribution in [0.5, 0.6) is 11.5 Å². The van der Waals surface area contributed by atoms with E-state index in [9.17, 15) is 19.5 Å². The smallest absolute Gasteiger partial charge is 0.332 e. The average Bonchev–Trinajstić information content (AvgIpc) is 2.88. The van der Waals surface area contributed by atoms with Crippen molar-refractivity contribution in [1.29, 1.82) is 0 Å².